The topological polar surface area (TPSA) is 107 Å². The van der Waals surface area contributed by atoms with Crippen LogP contribution in [0.3, 0.4) is 0 Å². The van der Waals surface area contributed by atoms with Crippen LogP contribution in [0.2, 0.25) is 0 Å². The van der Waals surface area contributed by atoms with Crippen molar-refractivity contribution in [2.45, 2.75) is 49.4 Å². The first-order valence-electron chi connectivity index (χ1n) is 10.6. The van der Waals surface area contributed by atoms with Crippen molar-refractivity contribution in [2.75, 3.05) is 14.2 Å². The van der Waals surface area contributed by atoms with Crippen LogP contribution in [-0.2, 0) is 5.60 Å². The SMILES string of the molecule is COc1cc(OC)c2c(c1)OC1[C@H](c3ccccc3)C(c3nc(C(C)C)no3)C(O)[C@@]21O. The second-order valence-electron chi connectivity index (χ2n) is 8.62. The minimum absolute atomic E-state index is 0.0633. The number of aromatic nitrogens is 2. The van der Waals surface area contributed by atoms with Gasteiger partial charge in [0.1, 0.15) is 29.5 Å². The van der Waals surface area contributed by atoms with Crippen LogP contribution in [0.15, 0.2) is 47.0 Å². The van der Waals surface area contributed by atoms with Gasteiger partial charge in [-0.25, -0.2) is 0 Å². The molecule has 1 aliphatic carbocycles. The number of benzene rings is 2. The van der Waals surface area contributed by atoms with Crippen molar-refractivity contribution in [3.63, 3.8) is 0 Å². The number of rotatable bonds is 5. The molecule has 0 saturated heterocycles. The Kier molecular flexibility index (Phi) is 4.87. The molecule has 3 unspecified atom stereocenters. The lowest BCUT2D eigenvalue weighted by Gasteiger charge is -2.27. The van der Waals surface area contributed by atoms with E-state index in [0.29, 0.717) is 28.6 Å². The third-order valence-corrected chi connectivity index (χ3v) is 6.53. The maximum Gasteiger partial charge on any atom is 0.233 e. The predicted molar refractivity (Wildman–Crippen MR) is 114 cm³/mol. The Balaban J connectivity index is 1.69. The van der Waals surface area contributed by atoms with E-state index in [1.54, 1.807) is 19.2 Å². The highest BCUT2D eigenvalue weighted by molar-refractivity contribution is 5.59. The molecule has 3 aromatic rings. The Morgan fingerprint density at radius 1 is 1.06 bits per heavy atom. The second-order valence-corrected chi connectivity index (χ2v) is 8.62. The van der Waals surface area contributed by atoms with Gasteiger partial charge in [0.2, 0.25) is 5.89 Å². The van der Waals surface area contributed by atoms with Crippen molar-refractivity contribution in [1.82, 2.24) is 10.1 Å². The monoisotopic (exact) mass is 438 g/mol. The number of methoxy groups -OCH3 is 2. The van der Waals surface area contributed by atoms with Crippen LogP contribution in [0.4, 0.5) is 0 Å². The van der Waals surface area contributed by atoms with E-state index in [0.717, 1.165) is 5.56 Å². The number of ether oxygens (including phenoxy) is 3. The van der Waals surface area contributed by atoms with Crippen molar-refractivity contribution >= 4 is 0 Å². The van der Waals surface area contributed by atoms with Crippen LogP contribution in [0.5, 0.6) is 17.2 Å². The first-order chi connectivity index (χ1) is 15.4. The molecule has 0 amide bonds. The van der Waals surface area contributed by atoms with Crippen molar-refractivity contribution in [2.24, 2.45) is 0 Å². The number of aliphatic hydroxyl groups excluding tert-OH is 1. The Bertz CT molecular complexity index is 1130. The first kappa shape index (κ1) is 20.8. The zero-order chi connectivity index (χ0) is 22.6. The van der Waals surface area contributed by atoms with Gasteiger partial charge in [-0.2, -0.15) is 4.98 Å². The standard InChI is InChI=1S/C24H26N2O6/c1-12(2)22-25-23(32-26-22)18-17(13-8-6-5-7-9-13)21-24(28,20(18)27)19-15(30-4)10-14(29-3)11-16(19)31-21/h5-12,17-18,20-21,27-28H,1-4H3/t17-,18?,20?,21?,24+/m1/s1. The summed E-state index contributed by atoms with van der Waals surface area (Å²) in [6.07, 6.45) is -2.07. The van der Waals surface area contributed by atoms with Gasteiger partial charge in [0.25, 0.3) is 0 Å². The summed E-state index contributed by atoms with van der Waals surface area (Å²) in [4.78, 5) is 4.55. The van der Waals surface area contributed by atoms with Crippen molar-refractivity contribution in [1.29, 1.82) is 0 Å². The van der Waals surface area contributed by atoms with Crippen LogP contribution in [0, 0.1) is 0 Å². The van der Waals surface area contributed by atoms with Gasteiger partial charge in [-0.15, -0.1) is 0 Å². The zero-order valence-electron chi connectivity index (χ0n) is 18.4. The summed E-state index contributed by atoms with van der Waals surface area (Å²) in [5.41, 5.74) is -0.462. The molecule has 1 aliphatic heterocycles. The smallest absolute Gasteiger partial charge is 0.233 e. The summed E-state index contributed by atoms with van der Waals surface area (Å²) in [5.74, 6) is 1.09. The maximum absolute atomic E-state index is 12.0. The lowest BCUT2D eigenvalue weighted by atomic mass is 9.86. The van der Waals surface area contributed by atoms with Gasteiger partial charge < -0.3 is 28.9 Å². The van der Waals surface area contributed by atoms with Gasteiger partial charge >= 0.3 is 0 Å². The molecule has 8 heteroatoms. The minimum Gasteiger partial charge on any atom is -0.496 e. The molecule has 2 aromatic carbocycles. The van der Waals surface area contributed by atoms with E-state index in [1.165, 1.54) is 7.11 Å². The molecule has 5 atom stereocenters. The number of aliphatic hydroxyl groups is 2. The van der Waals surface area contributed by atoms with Gasteiger partial charge in [-0.3, -0.25) is 0 Å². The molecular formula is C24H26N2O6. The molecule has 1 fully saturated rings. The van der Waals surface area contributed by atoms with Crippen molar-refractivity contribution < 1.29 is 28.9 Å². The molecule has 2 heterocycles. The van der Waals surface area contributed by atoms with Gasteiger partial charge in [-0.1, -0.05) is 49.3 Å². The highest BCUT2D eigenvalue weighted by atomic mass is 16.5. The predicted octanol–water partition coefficient (Wildman–Crippen LogP) is 3.10. The number of hydrogen-bond acceptors (Lipinski definition) is 8. The molecule has 0 spiro atoms. The van der Waals surface area contributed by atoms with Gasteiger partial charge in [0.05, 0.1) is 25.7 Å². The van der Waals surface area contributed by atoms with Crippen molar-refractivity contribution in [3.8, 4) is 17.2 Å². The summed E-state index contributed by atoms with van der Waals surface area (Å²) in [6, 6.07) is 13.0. The third kappa shape index (κ3) is 2.83. The molecule has 1 aromatic heterocycles. The van der Waals surface area contributed by atoms with E-state index in [2.05, 4.69) is 10.1 Å². The van der Waals surface area contributed by atoms with E-state index in [9.17, 15) is 10.2 Å². The average molecular weight is 438 g/mol. The Morgan fingerprint density at radius 3 is 2.44 bits per heavy atom. The largest absolute Gasteiger partial charge is 0.496 e. The Labute approximate surface area is 185 Å². The zero-order valence-corrected chi connectivity index (χ0v) is 18.4. The molecule has 2 aliphatic rings. The number of nitrogens with zero attached hydrogens (tertiary/aromatic N) is 2. The Morgan fingerprint density at radius 2 is 1.81 bits per heavy atom. The van der Waals surface area contributed by atoms with Crippen LogP contribution < -0.4 is 14.2 Å². The summed E-state index contributed by atoms with van der Waals surface area (Å²) in [5, 5.41) is 27.7. The molecule has 2 N–H and O–H groups in total. The summed E-state index contributed by atoms with van der Waals surface area (Å²) in [6.45, 7) is 3.93. The highest BCUT2D eigenvalue weighted by Crippen LogP contribution is 2.62. The lowest BCUT2D eigenvalue weighted by molar-refractivity contribution is -0.0958. The fourth-order valence-corrected chi connectivity index (χ4v) is 4.99. The quantitative estimate of drug-likeness (QED) is 0.626. The van der Waals surface area contributed by atoms with Crippen LogP contribution >= 0.6 is 0 Å². The molecule has 0 radical (unpaired) electrons. The normalized spacial score (nSPS) is 28.3. The number of hydrogen-bond donors (Lipinski definition) is 2. The van der Waals surface area contributed by atoms with E-state index < -0.39 is 29.6 Å². The van der Waals surface area contributed by atoms with Gasteiger partial charge in [0, 0.05) is 24.0 Å². The molecule has 0 bridgehead atoms. The summed E-state index contributed by atoms with van der Waals surface area (Å²) < 4.78 is 22.8. The minimum atomic E-state index is -1.75. The molecule has 32 heavy (non-hydrogen) atoms. The highest BCUT2D eigenvalue weighted by Gasteiger charge is 2.68. The van der Waals surface area contributed by atoms with Gasteiger partial charge in [0.15, 0.2) is 11.4 Å². The van der Waals surface area contributed by atoms with E-state index in [1.807, 2.05) is 44.2 Å². The van der Waals surface area contributed by atoms with Crippen molar-refractivity contribution in [3.05, 3.63) is 65.3 Å². The third-order valence-electron chi connectivity index (χ3n) is 6.53. The molecule has 168 valence electrons. The molecule has 5 rings (SSSR count). The second kappa shape index (κ2) is 7.50. The number of fused-ring (bicyclic) bond motifs is 3. The lowest BCUT2D eigenvalue weighted by Crippen LogP contribution is -2.43. The fourth-order valence-electron chi connectivity index (χ4n) is 4.99. The Hall–Kier alpha value is -3.10. The van der Waals surface area contributed by atoms with Crippen LogP contribution in [-0.4, -0.2) is 46.8 Å². The molecule has 8 nitrogen and oxygen atoms in total. The van der Waals surface area contributed by atoms with E-state index in [-0.39, 0.29) is 11.8 Å². The fraction of sp³-hybridized carbons (Fsp3) is 0.417. The van der Waals surface area contributed by atoms with E-state index >= 15 is 0 Å². The first-order valence-corrected chi connectivity index (χ1v) is 10.6. The van der Waals surface area contributed by atoms with E-state index in [4.69, 9.17) is 18.7 Å². The summed E-state index contributed by atoms with van der Waals surface area (Å²) >= 11 is 0. The molecule has 1 saturated carbocycles. The summed E-state index contributed by atoms with van der Waals surface area (Å²) in [7, 11) is 3.05. The van der Waals surface area contributed by atoms with Gasteiger partial charge in [-0.05, 0) is 5.56 Å². The molecular weight excluding hydrogens is 412 g/mol. The van der Waals surface area contributed by atoms with Crippen LogP contribution in [0.1, 0.15) is 54.4 Å². The average Bonchev–Trinajstić information content (AvgIpc) is 3.45. The maximum atomic E-state index is 12.0. The van der Waals surface area contributed by atoms with Crippen LogP contribution in [0.25, 0.3) is 0 Å².